The second kappa shape index (κ2) is 6.72. The Morgan fingerprint density at radius 1 is 1.31 bits per heavy atom. The lowest BCUT2D eigenvalue weighted by Gasteiger charge is -2.21. The molecule has 0 saturated carbocycles. The van der Waals surface area contributed by atoms with Crippen molar-refractivity contribution >= 4 is 5.91 Å². The van der Waals surface area contributed by atoms with Gasteiger partial charge in [0.25, 0.3) is 0 Å². The molecule has 0 spiro atoms. The normalized spacial score (nSPS) is 22.1. The second-order valence-corrected chi connectivity index (χ2v) is 5.36. The van der Waals surface area contributed by atoms with Gasteiger partial charge in [0.1, 0.15) is 0 Å². The first kappa shape index (κ1) is 13.3. The summed E-state index contributed by atoms with van der Waals surface area (Å²) in [5, 5.41) is 3.13. The number of nitrogens with one attached hydrogen (secondary N) is 1. The molecular weight excluding hydrogens is 198 g/mol. The molecule has 0 aromatic heterocycles. The van der Waals surface area contributed by atoms with Crippen molar-refractivity contribution in [1.29, 1.82) is 0 Å². The van der Waals surface area contributed by atoms with Crippen LogP contribution in [0.25, 0.3) is 0 Å². The molecule has 92 valence electrons. The van der Waals surface area contributed by atoms with Gasteiger partial charge in [0.15, 0.2) is 0 Å². The number of hydrogen-bond donors (Lipinski definition) is 1. The highest BCUT2D eigenvalue weighted by molar-refractivity contribution is 5.79. The summed E-state index contributed by atoms with van der Waals surface area (Å²) in [7, 11) is 0. The van der Waals surface area contributed by atoms with Gasteiger partial charge in [0.2, 0.25) is 5.91 Å². The van der Waals surface area contributed by atoms with Crippen LogP contribution in [0, 0.1) is 11.8 Å². The maximum Gasteiger partial charge on any atom is 0.223 e. The first-order chi connectivity index (χ1) is 7.59. The summed E-state index contributed by atoms with van der Waals surface area (Å²) in [4.78, 5) is 11.9. The monoisotopic (exact) mass is 223 g/mol. The molecule has 2 atom stereocenters. The molecule has 0 saturated heterocycles. The van der Waals surface area contributed by atoms with E-state index in [-0.39, 0.29) is 11.8 Å². The zero-order chi connectivity index (χ0) is 12.0. The predicted molar refractivity (Wildman–Crippen MR) is 68.2 cm³/mol. The lowest BCUT2D eigenvalue weighted by molar-refractivity contribution is -0.125. The van der Waals surface area contributed by atoms with Gasteiger partial charge in [-0.05, 0) is 44.9 Å². The molecule has 1 N–H and O–H groups in total. The van der Waals surface area contributed by atoms with E-state index in [4.69, 9.17) is 0 Å². The molecule has 0 aliphatic heterocycles. The van der Waals surface area contributed by atoms with E-state index in [0.29, 0.717) is 6.04 Å². The predicted octanol–water partition coefficient (Wildman–Crippen LogP) is 3.28. The van der Waals surface area contributed by atoms with Crippen LogP contribution in [0.2, 0.25) is 0 Å². The van der Waals surface area contributed by atoms with Crippen LogP contribution >= 0.6 is 0 Å². The van der Waals surface area contributed by atoms with E-state index in [0.717, 1.165) is 31.6 Å². The van der Waals surface area contributed by atoms with Crippen LogP contribution in [0.1, 0.15) is 52.9 Å². The third-order valence-electron chi connectivity index (χ3n) is 3.21. The van der Waals surface area contributed by atoms with Crippen LogP contribution in [0.5, 0.6) is 0 Å². The molecule has 0 aromatic rings. The van der Waals surface area contributed by atoms with Crippen LogP contribution in [-0.2, 0) is 4.79 Å². The third-order valence-corrected chi connectivity index (χ3v) is 3.21. The van der Waals surface area contributed by atoms with E-state index in [1.165, 1.54) is 6.42 Å². The van der Waals surface area contributed by atoms with Crippen LogP contribution in [0.15, 0.2) is 12.2 Å². The quantitative estimate of drug-likeness (QED) is 0.712. The summed E-state index contributed by atoms with van der Waals surface area (Å²) in [6, 6.07) is 0.320. The fraction of sp³-hybridized carbons (Fsp3) is 0.786. The number of allylic oxidation sites excluding steroid dienone is 2. The van der Waals surface area contributed by atoms with Gasteiger partial charge in [0, 0.05) is 12.0 Å². The summed E-state index contributed by atoms with van der Waals surface area (Å²) in [6.07, 6.45) is 9.57. The van der Waals surface area contributed by atoms with Crippen molar-refractivity contribution in [1.82, 2.24) is 5.32 Å². The molecule has 1 rings (SSSR count). The van der Waals surface area contributed by atoms with Crippen molar-refractivity contribution in [2.45, 2.75) is 58.9 Å². The van der Waals surface area contributed by atoms with E-state index in [1.807, 2.05) is 0 Å². The summed E-state index contributed by atoms with van der Waals surface area (Å²) >= 11 is 0. The second-order valence-electron chi connectivity index (χ2n) is 5.36. The molecule has 16 heavy (non-hydrogen) atoms. The lowest BCUT2D eigenvalue weighted by atomic mass is 9.93. The Kier molecular flexibility index (Phi) is 5.58. The van der Waals surface area contributed by atoms with Crippen molar-refractivity contribution < 1.29 is 4.79 Å². The van der Waals surface area contributed by atoms with Gasteiger partial charge < -0.3 is 5.32 Å². The molecule has 0 aromatic carbocycles. The standard InChI is InChI=1S/C14H25NO/c1-11(2)9-10-12(3)15-14(16)13-7-5-4-6-8-13/h4-5,11-13H,6-10H2,1-3H3,(H,15,16). The minimum Gasteiger partial charge on any atom is -0.353 e. The zero-order valence-electron chi connectivity index (χ0n) is 10.8. The van der Waals surface area contributed by atoms with E-state index in [2.05, 4.69) is 38.2 Å². The van der Waals surface area contributed by atoms with Crippen molar-refractivity contribution in [2.75, 3.05) is 0 Å². The van der Waals surface area contributed by atoms with Gasteiger partial charge >= 0.3 is 0 Å². The fourth-order valence-electron chi connectivity index (χ4n) is 2.05. The third kappa shape index (κ3) is 4.82. The smallest absolute Gasteiger partial charge is 0.223 e. The van der Waals surface area contributed by atoms with Crippen molar-refractivity contribution in [3.63, 3.8) is 0 Å². The minimum absolute atomic E-state index is 0.214. The van der Waals surface area contributed by atoms with E-state index in [1.54, 1.807) is 0 Å². The molecule has 2 unspecified atom stereocenters. The molecule has 0 radical (unpaired) electrons. The molecule has 1 amide bonds. The van der Waals surface area contributed by atoms with Crippen LogP contribution in [0.3, 0.4) is 0 Å². The van der Waals surface area contributed by atoms with E-state index >= 15 is 0 Å². The first-order valence-electron chi connectivity index (χ1n) is 6.55. The maximum atomic E-state index is 11.9. The molecule has 1 aliphatic carbocycles. The number of hydrogen-bond acceptors (Lipinski definition) is 1. The van der Waals surface area contributed by atoms with Crippen molar-refractivity contribution in [2.24, 2.45) is 11.8 Å². The van der Waals surface area contributed by atoms with Gasteiger partial charge in [-0.15, -0.1) is 0 Å². The number of carbonyl (C=O) groups is 1. The Hall–Kier alpha value is -0.790. The fourth-order valence-corrected chi connectivity index (χ4v) is 2.05. The summed E-state index contributed by atoms with van der Waals surface area (Å²) < 4.78 is 0. The number of amides is 1. The Morgan fingerprint density at radius 3 is 2.62 bits per heavy atom. The SMILES string of the molecule is CC(C)CCC(C)NC(=O)C1CC=CCC1. The minimum atomic E-state index is 0.214. The maximum absolute atomic E-state index is 11.9. The van der Waals surface area contributed by atoms with Crippen LogP contribution in [0.4, 0.5) is 0 Å². The first-order valence-corrected chi connectivity index (χ1v) is 6.55. The van der Waals surface area contributed by atoms with Gasteiger partial charge in [0.05, 0.1) is 0 Å². The highest BCUT2D eigenvalue weighted by Gasteiger charge is 2.19. The van der Waals surface area contributed by atoms with E-state index < -0.39 is 0 Å². The van der Waals surface area contributed by atoms with Gasteiger partial charge in [-0.25, -0.2) is 0 Å². The highest BCUT2D eigenvalue weighted by atomic mass is 16.1. The molecule has 1 aliphatic rings. The number of carbonyl (C=O) groups excluding carboxylic acids is 1. The van der Waals surface area contributed by atoms with Gasteiger partial charge in [-0.3, -0.25) is 4.79 Å². The largest absolute Gasteiger partial charge is 0.353 e. The molecular formula is C14H25NO. The molecule has 0 bridgehead atoms. The average molecular weight is 223 g/mol. The Morgan fingerprint density at radius 2 is 2.06 bits per heavy atom. The summed E-state index contributed by atoms with van der Waals surface area (Å²) in [6.45, 7) is 6.56. The summed E-state index contributed by atoms with van der Waals surface area (Å²) in [5.74, 6) is 1.18. The van der Waals surface area contributed by atoms with Crippen LogP contribution < -0.4 is 5.32 Å². The van der Waals surface area contributed by atoms with Crippen molar-refractivity contribution in [3.8, 4) is 0 Å². The van der Waals surface area contributed by atoms with E-state index in [9.17, 15) is 4.79 Å². The number of rotatable bonds is 5. The molecule has 0 fully saturated rings. The van der Waals surface area contributed by atoms with Crippen molar-refractivity contribution in [3.05, 3.63) is 12.2 Å². The van der Waals surface area contributed by atoms with Gasteiger partial charge in [-0.1, -0.05) is 26.0 Å². The average Bonchev–Trinajstić information content (AvgIpc) is 2.27. The lowest BCUT2D eigenvalue weighted by Crippen LogP contribution is -2.37. The molecule has 2 nitrogen and oxygen atoms in total. The van der Waals surface area contributed by atoms with Gasteiger partial charge in [-0.2, -0.15) is 0 Å². The molecule has 2 heteroatoms. The zero-order valence-corrected chi connectivity index (χ0v) is 10.8. The summed E-state index contributed by atoms with van der Waals surface area (Å²) in [5.41, 5.74) is 0. The molecule has 0 heterocycles. The Balaban J connectivity index is 2.24. The topological polar surface area (TPSA) is 29.1 Å². The Labute approximate surface area is 99.5 Å². The Bertz CT molecular complexity index is 245. The van der Waals surface area contributed by atoms with Crippen LogP contribution in [-0.4, -0.2) is 11.9 Å². The highest BCUT2D eigenvalue weighted by Crippen LogP contribution is 2.18.